The van der Waals surface area contributed by atoms with Crippen molar-refractivity contribution in [3.05, 3.63) is 142 Å². The highest BCUT2D eigenvalue weighted by molar-refractivity contribution is 6.32. The molecule has 1 fully saturated rings. The second-order valence-electron chi connectivity index (χ2n) is 10.6. The molecule has 1 aliphatic carbocycles. The summed E-state index contributed by atoms with van der Waals surface area (Å²) in [4.78, 5) is 45.8. The Morgan fingerprint density at radius 1 is 0.821 bits per heavy atom. The fourth-order valence-corrected chi connectivity index (χ4v) is 7.04. The summed E-state index contributed by atoms with van der Waals surface area (Å²) < 4.78 is 0. The van der Waals surface area contributed by atoms with Crippen molar-refractivity contribution < 1.29 is 14.4 Å². The standard InChI is InChI=1S/C34H24ClNO3/c1-20-11-17-27-23(19-20)14-18-28-34(32(38)25-9-5-6-10-26(25)33(34)39)29(21-7-3-2-4-8-21)30(36(27)28)31(37)22-12-15-24(35)16-13-22/h2-19,28-30H,1H3/t28?,29-,30+/m1/s1. The minimum absolute atomic E-state index is 0.152. The highest BCUT2D eigenvalue weighted by Gasteiger charge is 2.71. The Labute approximate surface area is 231 Å². The molecule has 4 nitrogen and oxygen atoms in total. The maximum absolute atomic E-state index is 14.6. The van der Waals surface area contributed by atoms with Gasteiger partial charge in [-0.05, 0) is 54.4 Å². The predicted molar refractivity (Wildman–Crippen MR) is 153 cm³/mol. The van der Waals surface area contributed by atoms with Crippen LogP contribution >= 0.6 is 11.6 Å². The summed E-state index contributed by atoms with van der Waals surface area (Å²) in [7, 11) is 0. The van der Waals surface area contributed by atoms with Gasteiger partial charge in [-0.3, -0.25) is 14.4 Å². The van der Waals surface area contributed by atoms with Gasteiger partial charge in [-0.15, -0.1) is 0 Å². The molecule has 0 amide bonds. The molecule has 1 spiro atoms. The number of hydrogen-bond acceptors (Lipinski definition) is 4. The van der Waals surface area contributed by atoms with Crippen LogP contribution in [-0.4, -0.2) is 29.4 Å². The van der Waals surface area contributed by atoms with E-state index in [2.05, 4.69) is 6.07 Å². The van der Waals surface area contributed by atoms with Crippen molar-refractivity contribution >= 4 is 40.7 Å². The molecule has 3 atom stereocenters. The number of carbonyl (C=O) groups excluding carboxylic acids is 3. The number of hydrogen-bond donors (Lipinski definition) is 0. The largest absolute Gasteiger partial charge is 0.352 e. The Hall–Kier alpha value is -4.28. The van der Waals surface area contributed by atoms with Crippen LogP contribution in [0.15, 0.2) is 103 Å². The third-order valence-electron chi connectivity index (χ3n) is 8.52. The SMILES string of the molecule is Cc1ccc2c(c1)C=CC1N2[C@H](C(=O)c2ccc(Cl)cc2)[C@@H](c2ccccc2)C12C(=O)c1ccccc1C2=O. The second-order valence-corrected chi connectivity index (χ2v) is 11.0. The average molecular weight is 530 g/mol. The smallest absolute Gasteiger partial charge is 0.185 e. The van der Waals surface area contributed by atoms with Gasteiger partial charge in [0.15, 0.2) is 17.3 Å². The third-order valence-corrected chi connectivity index (χ3v) is 8.77. The van der Waals surface area contributed by atoms with E-state index in [0.29, 0.717) is 21.7 Å². The minimum atomic E-state index is -1.49. The fourth-order valence-electron chi connectivity index (χ4n) is 6.91. The quantitative estimate of drug-likeness (QED) is 0.212. The molecule has 4 aromatic carbocycles. The molecule has 0 bridgehead atoms. The molecule has 5 heteroatoms. The number of fused-ring (bicyclic) bond motifs is 5. The van der Waals surface area contributed by atoms with Crippen molar-refractivity contribution in [3.8, 4) is 0 Å². The van der Waals surface area contributed by atoms with Crippen molar-refractivity contribution in [2.24, 2.45) is 5.41 Å². The van der Waals surface area contributed by atoms with E-state index in [1.807, 2.05) is 66.4 Å². The van der Waals surface area contributed by atoms with Crippen LogP contribution < -0.4 is 4.90 Å². The third kappa shape index (κ3) is 3.22. The first-order valence-electron chi connectivity index (χ1n) is 13.0. The molecule has 190 valence electrons. The van der Waals surface area contributed by atoms with Crippen LogP contribution in [0.25, 0.3) is 6.08 Å². The lowest BCUT2D eigenvalue weighted by Gasteiger charge is -2.37. The first-order chi connectivity index (χ1) is 18.9. The molecular formula is C34H24ClNO3. The number of halogens is 1. The van der Waals surface area contributed by atoms with E-state index in [9.17, 15) is 14.4 Å². The summed E-state index contributed by atoms with van der Waals surface area (Å²) in [6, 6.07) is 28.1. The molecule has 0 N–H and O–H groups in total. The number of Topliss-reactive ketones (excluding diaryl/α,β-unsaturated/α-hetero) is 3. The lowest BCUT2D eigenvalue weighted by molar-refractivity contribution is 0.0666. The molecule has 0 saturated carbocycles. The minimum Gasteiger partial charge on any atom is -0.352 e. The predicted octanol–water partition coefficient (Wildman–Crippen LogP) is 6.96. The number of nitrogens with zero attached hydrogens (tertiary/aromatic N) is 1. The van der Waals surface area contributed by atoms with E-state index in [1.54, 1.807) is 48.5 Å². The summed E-state index contributed by atoms with van der Waals surface area (Å²) in [5.74, 6) is -1.31. The van der Waals surface area contributed by atoms with E-state index in [4.69, 9.17) is 11.6 Å². The van der Waals surface area contributed by atoms with Crippen LogP contribution in [0.4, 0.5) is 5.69 Å². The molecule has 0 radical (unpaired) electrons. The first-order valence-corrected chi connectivity index (χ1v) is 13.4. The van der Waals surface area contributed by atoms with Gasteiger partial charge in [0, 0.05) is 33.3 Å². The monoisotopic (exact) mass is 529 g/mol. The van der Waals surface area contributed by atoms with Gasteiger partial charge < -0.3 is 4.90 Å². The van der Waals surface area contributed by atoms with Gasteiger partial charge in [-0.1, -0.05) is 90.0 Å². The molecule has 3 aliphatic rings. The zero-order valence-electron chi connectivity index (χ0n) is 21.2. The van der Waals surface area contributed by atoms with Crippen molar-refractivity contribution in [1.82, 2.24) is 0 Å². The van der Waals surface area contributed by atoms with Crippen LogP contribution in [-0.2, 0) is 0 Å². The second kappa shape index (κ2) is 8.62. The summed E-state index contributed by atoms with van der Waals surface area (Å²) in [5, 5.41) is 0.533. The molecule has 1 unspecified atom stereocenters. The van der Waals surface area contributed by atoms with Crippen molar-refractivity contribution in [2.45, 2.75) is 24.9 Å². The average Bonchev–Trinajstić information content (AvgIpc) is 3.39. The molecule has 1 saturated heterocycles. The van der Waals surface area contributed by atoms with Gasteiger partial charge in [0.05, 0.1) is 6.04 Å². The number of benzene rings is 4. The molecule has 39 heavy (non-hydrogen) atoms. The van der Waals surface area contributed by atoms with Gasteiger partial charge in [0.25, 0.3) is 0 Å². The fraction of sp³-hybridized carbons (Fsp3) is 0.147. The van der Waals surface area contributed by atoms with E-state index >= 15 is 0 Å². The highest BCUT2D eigenvalue weighted by Crippen LogP contribution is 2.61. The Bertz CT molecular complexity index is 1670. The summed E-state index contributed by atoms with van der Waals surface area (Å²) >= 11 is 6.16. The molecule has 0 aromatic heterocycles. The van der Waals surface area contributed by atoms with Crippen LogP contribution in [0.5, 0.6) is 0 Å². The van der Waals surface area contributed by atoms with Gasteiger partial charge in [-0.2, -0.15) is 0 Å². The number of anilines is 1. The number of rotatable bonds is 3. The normalized spacial score (nSPS) is 22.1. The summed E-state index contributed by atoms with van der Waals surface area (Å²) in [5.41, 5.74) is 3.52. The molecule has 7 rings (SSSR count). The molecule has 2 aliphatic heterocycles. The van der Waals surface area contributed by atoms with E-state index < -0.39 is 23.4 Å². The summed E-state index contributed by atoms with van der Waals surface area (Å²) in [6.07, 6.45) is 3.94. The van der Waals surface area contributed by atoms with Crippen molar-refractivity contribution in [1.29, 1.82) is 0 Å². The highest BCUT2D eigenvalue weighted by atomic mass is 35.5. The van der Waals surface area contributed by atoms with E-state index in [1.165, 1.54) is 0 Å². The zero-order chi connectivity index (χ0) is 26.9. The maximum atomic E-state index is 14.6. The van der Waals surface area contributed by atoms with Gasteiger partial charge in [0.1, 0.15) is 11.5 Å². The summed E-state index contributed by atoms with van der Waals surface area (Å²) in [6.45, 7) is 2.02. The number of carbonyl (C=O) groups is 3. The van der Waals surface area contributed by atoms with Gasteiger partial charge >= 0.3 is 0 Å². The van der Waals surface area contributed by atoms with Crippen LogP contribution in [0.3, 0.4) is 0 Å². The molecular weight excluding hydrogens is 506 g/mol. The maximum Gasteiger partial charge on any atom is 0.185 e. The number of aryl methyl sites for hydroxylation is 1. The Balaban J connectivity index is 1.54. The van der Waals surface area contributed by atoms with Crippen molar-refractivity contribution in [2.75, 3.05) is 4.90 Å². The Morgan fingerprint density at radius 3 is 2.13 bits per heavy atom. The van der Waals surface area contributed by atoms with Crippen LogP contribution in [0.1, 0.15) is 53.7 Å². The van der Waals surface area contributed by atoms with Gasteiger partial charge in [0.2, 0.25) is 0 Å². The zero-order valence-corrected chi connectivity index (χ0v) is 21.9. The Morgan fingerprint density at radius 2 is 1.46 bits per heavy atom. The Kier molecular flexibility index (Phi) is 5.26. The van der Waals surface area contributed by atoms with Crippen LogP contribution in [0.2, 0.25) is 5.02 Å². The van der Waals surface area contributed by atoms with Gasteiger partial charge in [-0.25, -0.2) is 0 Å². The number of ketones is 3. The van der Waals surface area contributed by atoms with E-state index in [0.717, 1.165) is 22.4 Å². The van der Waals surface area contributed by atoms with E-state index in [-0.39, 0.29) is 17.3 Å². The van der Waals surface area contributed by atoms with Crippen LogP contribution in [0, 0.1) is 12.3 Å². The van der Waals surface area contributed by atoms with Crippen molar-refractivity contribution in [3.63, 3.8) is 0 Å². The first kappa shape index (κ1) is 23.8. The lowest BCUT2D eigenvalue weighted by atomic mass is 9.64. The molecule has 4 aromatic rings. The topological polar surface area (TPSA) is 54.5 Å². The molecule has 2 heterocycles. The lowest BCUT2D eigenvalue weighted by Crippen LogP contribution is -2.48.